The Hall–Kier alpha value is -3.14. The molecule has 4 aromatic rings. The van der Waals surface area contributed by atoms with E-state index in [0.29, 0.717) is 43.1 Å². The number of imidazole rings is 1. The third-order valence-corrected chi connectivity index (χ3v) is 9.29. The molecule has 2 aliphatic heterocycles. The van der Waals surface area contributed by atoms with Gasteiger partial charge in [0.25, 0.3) is 5.56 Å². The molecule has 15 heteroatoms. The molecular weight excluding hydrogens is 557 g/mol. The number of fused-ring (bicyclic) bond motifs is 2. The number of nitrogens with zero attached hydrogens (tertiary/aromatic N) is 5. The van der Waals surface area contributed by atoms with Gasteiger partial charge in [-0.2, -0.15) is 25.6 Å². The maximum atomic E-state index is 14.0. The summed E-state index contributed by atoms with van der Waals surface area (Å²) in [5.74, 6) is -0.637. The van der Waals surface area contributed by atoms with Crippen LogP contribution in [-0.2, 0) is 14.8 Å². The van der Waals surface area contributed by atoms with Crippen molar-refractivity contribution < 1.29 is 26.3 Å². The van der Waals surface area contributed by atoms with Gasteiger partial charge in [0.05, 0.1) is 34.9 Å². The fourth-order valence-corrected chi connectivity index (χ4v) is 6.78. The van der Waals surface area contributed by atoms with Crippen LogP contribution in [0.4, 0.5) is 24.5 Å². The predicted molar refractivity (Wildman–Crippen MR) is 144 cm³/mol. The molecule has 2 fully saturated rings. The summed E-state index contributed by atoms with van der Waals surface area (Å²) in [4.78, 5) is 21.8. The molecule has 6 rings (SSSR count). The Kier molecular flexibility index (Phi) is 6.36. The van der Waals surface area contributed by atoms with Gasteiger partial charge < -0.3 is 19.9 Å². The molecule has 1 aromatic carbocycles. The van der Waals surface area contributed by atoms with E-state index in [4.69, 9.17) is 4.74 Å². The van der Waals surface area contributed by atoms with Crippen LogP contribution >= 0.6 is 11.3 Å². The number of halogens is 3. The lowest BCUT2D eigenvalue weighted by Crippen LogP contribution is -2.44. The number of thiophene rings is 1. The molecular formula is C24H25F3N6O4S2. The molecule has 0 bridgehead atoms. The molecule has 0 aliphatic carbocycles. The predicted octanol–water partition coefficient (Wildman–Crippen LogP) is 3.05. The number of piperazine rings is 1. The van der Waals surface area contributed by atoms with Gasteiger partial charge in [-0.25, -0.2) is 9.55 Å². The van der Waals surface area contributed by atoms with E-state index in [1.807, 2.05) is 11.9 Å². The molecule has 0 radical (unpaired) electrons. The lowest BCUT2D eigenvalue weighted by atomic mass is 10.2. The average molecular weight is 583 g/mol. The largest absolute Gasteiger partial charge is 0.517 e. The zero-order valence-corrected chi connectivity index (χ0v) is 22.4. The second kappa shape index (κ2) is 9.50. The number of benzene rings is 1. The van der Waals surface area contributed by atoms with Crippen LogP contribution in [0.15, 0.2) is 39.8 Å². The Balaban J connectivity index is 1.57. The second-order valence-corrected chi connectivity index (χ2v) is 12.2. The Labute approximate surface area is 225 Å². The van der Waals surface area contributed by atoms with Gasteiger partial charge in [-0.1, -0.05) is 0 Å². The number of likely N-dealkylation sites (N-methyl/N-ethyl adjacent to an activating group) is 1. The number of pyridine rings is 1. The van der Waals surface area contributed by atoms with Crippen LogP contribution in [0.3, 0.4) is 0 Å². The van der Waals surface area contributed by atoms with E-state index in [0.717, 1.165) is 24.1 Å². The van der Waals surface area contributed by atoms with Gasteiger partial charge in [0, 0.05) is 60.7 Å². The van der Waals surface area contributed by atoms with E-state index in [9.17, 15) is 26.4 Å². The summed E-state index contributed by atoms with van der Waals surface area (Å²) in [7, 11) is -3.98. The van der Waals surface area contributed by atoms with Crippen LogP contribution < -0.4 is 15.8 Å². The minimum Gasteiger partial charge on any atom is -0.379 e. The molecule has 0 amide bonds. The molecule has 39 heavy (non-hydrogen) atoms. The number of hydrogen-bond acceptors (Lipinski definition) is 9. The maximum absolute atomic E-state index is 14.0. The zero-order valence-electron chi connectivity index (χ0n) is 20.8. The summed E-state index contributed by atoms with van der Waals surface area (Å²) in [6.07, 6.45) is 0.740. The van der Waals surface area contributed by atoms with Crippen molar-refractivity contribution in [2.24, 2.45) is 0 Å². The maximum Gasteiger partial charge on any atom is 0.517 e. The van der Waals surface area contributed by atoms with Crippen LogP contribution in [0.5, 0.6) is 0 Å². The molecule has 10 nitrogen and oxygen atoms in total. The first-order valence-electron chi connectivity index (χ1n) is 12.3. The van der Waals surface area contributed by atoms with Gasteiger partial charge in [-0.05, 0) is 31.7 Å². The Morgan fingerprint density at radius 1 is 1.10 bits per heavy atom. The van der Waals surface area contributed by atoms with E-state index in [1.165, 1.54) is 29.5 Å². The number of aromatic nitrogens is 3. The highest BCUT2D eigenvalue weighted by Crippen LogP contribution is 2.35. The van der Waals surface area contributed by atoms with E-state index in [1.54, 1.807) is 16.8 Å². The van der Waals surface area contributed by atoms with Crippen LogP contribution in [-0.4, -0.2) is 84.8 Å². The molecule has 1 N–H and O–H groups in total. The van der Waals surface area contributed by atoms with Gasteiger partial charge in [0.1, 0.15) is 0 Å². The molecule has 1 atom stereocenters. The quantitative estimate of drug-likeness (QED) is 0.383. The normalized spacial score (nSPS) is 19.4. The smallest absolute Gasteiger partial charge is 0.379 e. The SMILES string of the molecule is CN1CCN(c2ccc3nc(-n4c(=O)cc(NC5CCOC5)c5cscc54)n(S(=O)(=O)C(F)(F)F)c3c2)CC1. The minimum absolute atomic E-state index is 0.0217. The molecule has 0 spiro atoms. The summed E-state index contributed by atoms with van der Waals surface area (Å²) in [5.41, 5.74) is -5.23. The minimum atomic E-state index is -5.95. The van der Waals surface area contributed by atoms with E-state index in [2.05, 4.69) is 15.2 Å². The van der Waals surface area contributed by atoms with Crippen molar-refractivity contribution in [2.45, 2.75) is 18.0 Å². The van der Waals surface area contributed by atoms with Crippen LogP contribution in [0, 0.1) is 0 Å². The van der Waals surface area contributed by atoms with Gasteiger partial charge in [-0.3, -0.25) is 4.79 Å². The lowest BCUT2D eigenvalue weighted by molar-refractivity contribution is -0.0445. The number of hydrogen-bond donors (Lipinski definition) is 1. The van der Waals surface area contributed by atoms with Crippen molar-refractivity contribution in [1.29, 1.82) is 0 Å². The molecule has 2 aliphatic rings. The molecule has 3 aromatic heterocycles. The van der Waals surface area contributed by atoms with Crippen molar-refractivity contribution in [3.05, 3.63) is 45.4 Å². The van der Waals surface area contributed by atoms with Crippen LogP contribution in [0.25, 0.3) is 27.9 Å². The summed E-state index contributed by atoms with van der Waals surface area (Å²) in [5, 5.41) is 7.17. The van der Waals surface area contributed by atoms with Crippen molar-refractivity contribution >= 4 is 54.7 Å². The van der Waals surface area contributed by atoms with Gasteiger partial charge >= 0.3 is 15.5 Å². The fraction of sp³-hybridized carbons (Fsp3) is 0.417. The third-order valence-electron chi connectivity index (χ3n) is 7.13. The van der Waals surface area contributed by atoms with Gasteiger partial charge in [0.15, 0.2) is 0 Å². The first-order chi connectivity index (χ1) is 18.5. The first-order valence-corrected chi connectivity index (χ1v) is 14.7. The molecule has 0 saturated carbocycles. The summed E-state index contributed by atoms with van der Waals surface area (Å²) in [6, 6.07) is 5.82. The lowest BCUT2D eigenvalue weighted by Gasteiger charge is -2.34. The Morgan fingerprint density at radius 2 is 1.87 bits per heavy atom. The van der Waals surface area contributed by atoms with Crippen molar-refractivity contribution in [1.82, 2.24) is 18.4 Å². The van der Waals surface area contributed by atoms with Gasteiger partial charge in [-0.15, -0.1) is 11.3 Å². The zero-order chi connectivity index (χ0) is 27.5. The highest BCUT2D eigenvalue weighted by atomic mass is 32.2. The van der Waals surface area contributed by atoms with Crippen molar-refractivity contribution in [2.75, 3.05) is 56.7 Å². The Bertz CT molecular complexity index is 1720. The first kappa shape index (κ1) is 26.1. The highest BCUT2D eigenvalue weighted by Gasteiger charge is 2.49. The summed E-state index contributed by atoms with van der Waals surface area (Å²) in [6.45, 7) is 3.81. The number of rotatable bonds is 5. The van der Waals surface area contributed by atoms with E-state index < -0.39 is 27.0 Å². The van der Waals surface area contributed by atoms with Crippen LogP contribution in [0.2, 0.25) is 0 Å². The van der Waals surface area contributed by atoms with Gasteiger partial charge in [0.2, 0.25) is 5.95 Å². The Morgan fingerprint density at radius 3 is 2.56 bits per heavy atom. The van der Waals surface area contributed by atoms with Crippen molar-refractivity contribution in [3.8, 4) is 5.95 Å². The number of nitrogens with one attached hydrogen (secondary N) is 1. The highest BCUT2D eigenvalue weighted by molar-refractivity contribution is 7.91. The fourth-order valence-electron chi connectivity index (χ4n) is 5.02. The number of anilines is 2. The van der Waals surface area contributed by atoms with E-state index >= 15 is 0 Å². The van der Waals surface area contributed by atoms with E-state index in [-0.39, 0.29) is 26.6 Å². The second-order valence-electron chi connectivity index (χ2n) is 9.70. The summed E-state index contributed by atoms with van der Waals surface area (Å²) >= 11 is 1.24. The molecule has 208 valence electrons. The third kappa shape index (κ3) is 4.46. The summed E-state index contributed by atoms with van der Waals surface area (Å²) < 4.78 is 74.4. The number of alkyl halides is 3. The molecule has 2 saturated heterocycles. The monoisotopic (exact) mass is 582 g/mol. The average Bonchev–Trinajstić information content (AvgIpc) is 3.63. The van der Waals surface area contributed by atoms with Crippen LogP contribution in [0.1, 0.15) is 6.42 Å². The molecule has 5 heterocycles. The standard InChI is InChI=1S/C24H25F3N6O4S2/c1-30-5-7-31(8-6-30)16-2-3-18-20(10-16)33(39(35,36)24(25,26)27)23(29-18)32-21-14-38-13-17(21)19(11-22(32)34)28-15-4-9-37-12-15/h2-3,10-11,13-15,28H,4-9,12H2,1H3. The topological polar surface area (TPSA) is 102 Å². The van der Waals surface area contributed by atoms with Crippen molar-refractivity contribution in [3.63, 3.8) is 0 Å². The molecule has 1 unspecified atom stereocenters. The number of ether oxygens (including phenoxy) is 1.